The lowest BCUT2D eigenvalue weighted by Gasteiger charge is -2.43. The molecule has 10 heteroatoms. The van der Waals surface area contributed by atoms with Crippen LogP contribution in [0, 0.1) is 0 Å². The van der Waals surface area contributed by atoms with Gasteiger partial charge in [0.15, 0.2) is 0 Å². The van der Waals surface area contributed by atoms with Gasteiger partial charge < -0.3 is 45.3 Å². The van der Waals surface area contributed by atoms with Crippen LogP contribution in [0.15, 0.2) is 60.7 Å². The molecular weight excluding hydrogens is 648 g/mol. The first kappa shape index (κ1) is 39.6. The van der Waals surface area contributed by atoms with Crippen LogP contribution in [0.25, 0.3) is 0 Å². The van der Waals surface area contributed by atoms with Gasteiger partial charge in [0.2, 0.25) is 0 Å². The van der Waals surface area contributed by atoms with Crippen molar-refractivity contribution in [2.45, 2.75) is 78.0 Å². The zero-order chi connectivity index (χ0) is 37.5. The first-order valence-electron chi connectivity index (χ1n) is 17.7. The Morgan fingerprint density at radius 3 is 1.53 bits per heavy atom. The number of aliphatic hydroxyl groups excluding tert-OH is 4. The van der Waals surface area contributed by atoms with E-state index in [2.05, 4.69) is 19.0 Å². The minimum atomic E-state index is -0.184. The summed E-state index contributed by atoms with van der Waals surface area (Å²) in [5, 5.41) is 77.4. The second-order valence-corrected chi connectivity index (χ2v) is 13.8. The Morgan fingerprint density at radius 2 is 1.04 bits per heavy atom. The zero-order valence-electron chi connectivity index (χ0n) is 30.5. The highest BCUT2D eigenvalue weighted by molar-refractivity contribution is 5.46. The zero-order valence-corrected chi connectivity index (χ0v) is 30.5. The second-order valence-electron chi connectivity index (χ2n) is 13.8. The van der Waals surface area contributed by atoms with E-state index in [9.17, 15) is 35.7 Å². The lowest BCUT2D eigenvalue weighted by atomic mass is 9.86. The minimum Gasteiger partial charge on any atom is -0.508 e. The number of hydrogen-bond acceptors (Lipinski definition) is 9. The van der Waals surface area contributed by atoms with E-state index in [0.717, 1.165) is 64.7 Å². The van der Waals surface area contributed by atoms with Crippen molar-refractivity contribution in [2.24, 2.45) is 0 Å². The van der Waals surface area contributed by atoms with Gasteiger partial charge in [-0.2, -0.15) is 0 Å². The van der Waals surface area contributed by atoms with E-state index in [1.165, 1.54) is 5.56 Å². The van der Waals surface area contributed by atoms with Crippen LogP contribution < -0.4 is 0 Å². The highest BCUT2D eigenvalue weighted by Crippen LogP contribution is 2.40. The molecule has 0 saturated heterocycles. The Bertz CT molecular complexity index is 1790. The van der Waals surface area contributed by atoms with Gasteiger partial charge in [0.25, 0.3) is 0 Å². The van der Waals surface area contributed by atoms with Crippen molar-refractivity contribution in [3.63, 3.8) is 0 Å². The van der Waals surface area contributed by atoms with E-state index in [1.54, 1.807) is 36.4 Å². The number of nitrogens with zero attached hydrogens (tertiary/aromatic N) is 2. The van der Waals surface area contributed by atoms with Gasteiger partial charge in [-0.25, -0.2) is 0 Å². The van der Waals surface area contributed by atoms with Crippen molar-refractivity contribution >= 4 is 0 Å². The van der Waals surface area contributed by atoms with Gasteiger partial charge in [0.1, 0.15) is 29.0 Å². The molecule has 276 valence electrons. The van der Waals surface area contributed by atoms with Crippen molar-refractivity contribution in [1.29, 1.82) is 0 Å². The molecule has 4 aromatic rings. The largest absolute Gasteiger partial charge is 0.508 e. The van der Waals surface area contributed by atoms with E-state index in [4.69, 9.17) is 5.11 Å². The summed E-state index contributed by atoms with van der Waals surface area (Å²) in [7, 11) is 6.39. The molecule has 2 atom stereocenters. The smallest absolute Gasteiger partial charge is 0.121 e. The fourth-order valence-corrected chi connectivity index (χ4v) is 7.15. The third kappa shape index (κ3) is 9.02. The summed E-state index contributed by atoms with van der Waals surface area (Å²) >= 11 is 0. The predicted molar refractivity (Wildman–Crippen MR) is 197 cm³/mol. The van der Waals surface area contributed by atoms with Gasteiger partial charge in [-0.15, -0.1) is 0 Å². The molecular formula is C41H55N2O8+. The number of fused-ring (bicyclic) bond motifs is 2. The number of aromatic hydroxyl groups is 4. The topological polar surface area (TPSA) is 165 Å². The van der Waals surface area contributed by atoms with E-state index < -0.39 is 0 Å². The SMILES string of the molecule is CC.CN1CCc2cc(CO)c(O)cc2C1Cc1ccc(CO)c(O)c1.C[N+]1(C)CCc2cc(CO)c(O)cc2C1Cc1ccc(CO)c(O)c1. The Labute approximate surface area is 301 Å². The summed E-state index contributed by atoms with van der Waals surface area (Å²) < 4.78 is 0.785. The molecule has 0 spiro atoms. The Morgan fingerprint density at radius 1 is 0.588 bits per heavy atom. The lowest BCUT2D eigenvalue weighted by Crippen LogP contribution is -2.48. The summed E-state index contributed by atoms with van der Waals surface area (Å²) in [4.78, 5) is 2.23. The van der Waals surface area contributed by atoms with Crippen LogP contribution in [0.1, 0.15) is 81.6 Å². The molecule has 2 aliphatic rings. The molecule has 2 aliphatic heterocycles. The molecule has 0 amide bonds. The first-order valence-corrected chi connectivity index (χ1v) is 17.7. The van der Waals surface area contributed by atoms with Crippen molar-refractivity contribution in [1.82, 2.24) is 4.90 Å². The number of hydrogen-bond donors (Lipinski definition) is 8. The highest BCUT2D eigenvalue weighted by atomic mass is 16.3. The van der Waals surface area contributed by atoms with E-state index in [-0.39, 0.29) is 61.5 Å². The summed E-state index contributed by atoms with van der Waals surface area (Å²) in [6.07, 6.45) is 3.20. The molecule has 0 fully saturated rings. The maximum Gasteiger partial charge on any atom is 0.121 e. The molecule has 2 unspecified atom stereocenters. The summed E-state index contributed by atoms with van der Waals surface area (Å²) in [6, 6.07) is 18.3. The molecule has 2 heterocycles. The molecule has 8 N–H and O–H groups in total. The van der Waals surface area contributed by atoms with Crippen LogP contribution in [0.4, 0.5) is 0 Å². The maximum absolute atomic E-state index is 10.2. The number of quaternary nitrogens is 1. The van der Waals surface area contributed by atoms with Crippen molar-refractivity contribution < 1.29 is 45.3 Å². The van der Waals surface area contributed by atoms with E-state index in [1.807, 2.05) is 45.2 Å². The molecule has 51 heavy (non-hydrogen) atoms. The lowest BCUT2D eigenvalue weighted by molar-refractivity contribution is -0.923. The van der Waals surface area contributed by atoms with Crippen molar-refractivity contribution in [2.75, 3.05) is 34.2 Å². The fourth-order valence-electron chi connectivity index (χ4n) is 7.15. The van der Waals surface area contributed by atoms with Crippen molar-refractivity contribution in [3.8, 4) is 23.0 Å². The van der Waals surface area contributed by atoms with Crippen LogP contribution in [0.5, 0.6) is 23.0 Å². The molecule has 0 aliphatic carbocycles. The number of aliphatic hydroxyl groups is 4. The van der Waals surface area contributed by atoms with Gasteiger partial charge in [-0.05, 0) is 84.1 Å². The van der Waals surface area contributed by atoms with Crippen LogP contribution in [0.2, 0.25) is 0 Å². The maximum atomic E-state index is 10.2. The van der Waals surface area contributed by atoms with Crippen LogP contribution in [-0.4, -0.2) is 84.5 Å². The second kappa shape index (κ2) is 17.4. The average Bonchev–Trinajstić information content (AvgIpc) is 3.12. The molecule has 0 aromatic heterocycles. The van der Waals surface area contributed by atoms with Gasteiger partial charge in [0.05, 0.1) is 47.1 Å². The Hall–Kier alpha value is -4.16. The average molecular weight is 704 g/mol. The number of likely N-dealkylation sites (N-methyl/N-ethyl adjacent to an activating group) is 2. The molecule has 6 rings (SSSR count). The highest BCUT2D eigenvalue weighted by Gasteiger charge is 2.36. The molecule has 10 nitrogen and oxygen atoms in total. The van der Waals surface area contributed by atoms with Crippen molar-refractivity contribution in [3.05, 3.63) is 116 Å². The molecule has 4 aromatic carbocycles. The molecule has 0 radical (unpaired) electrons. The normalized spacial score (nSPS) is 17.7. The molecule has 0 bridgehead atoms. The summed E-state index contributed by atoms with van der Waals surface area (Å²) in [6.45, 7) is 5.16. The number of benzene rings is 4. The standard InChI is InChI=1S/C20H25NO4.C19H23NO4.C2H6/c1-21(2)6-5-14-9-16(12-23)20(25)10-17(14)18(21)7-13-3-4-15(11-22)19(24)8-13;1-20-5-4-13-8-15(11-22)19(24)9-16(13)17(20)6-12-2-3-14(10-21)18(23)7-12;1-2/h3-4,8-10,18,22-23H,5-7,11-12H2,1-2H3,(H-,24,25);2-3,7-9,17,21-24H,4-6,10-11H2,1H3;1-2H3/p+1. The monoisotopic (exact) mass is 703 g/mol. The number of rotatable bonds is 8. The fraction of sp³-hybridized carbons (Fsp3) is 0.415. The minimum absolute atomic E-state index is 0.0896. The first-order chi connectivity index (χ1) is 24.4. The van der Waals surface area contributed by atoms with Crippen LogP contribution >= 0.6 is 0 Å². The summed E-state index contributed by atoms with van der Waals surface area (Å²) in [5.41, 5.74) is 8.59. The Balaban J connectivity index is 0.000000218. The molecule has 0 saturated carbocycles. The summed E-state index contributed by atoms with van der Waals surface area (Å²) in [5.74, 6) is 0.466. The third-order valence-electron chi connectivity index (χ3n) is 10.3. The van der Waals surface area contributed by atoms with Gasteiger partial charge in [-0.3, -0.25) is 4.90 Å². The van der Waals surface area contributed by atoms with E-state index in [0.29, 0.717) is 28.7 Å². The predicted octanol–water partition coefficient (Wildman–Crippen LogP) is 4.88. The quantitative estimate of drug-likeness (QED) is 0.120. The number of phenols is 4. The van der Waals surface area contributed by atoms with E-state index >= 15 is 0 Å². The van der Waals surface area contributed by atoms with Crippen LogP contribution in [0.3, 0.4) is 0 Å². The Kier molecular flexibility index (Phi) is 13.5. The van der Waals surface area contributed by atoms with Gasteiger partial charge in [0, 0.05) is 53.2 Å². The van der Waals surface area contributed by atoms with Gasteiger partial charge in [-0.1, -0.05) is 38.1 Å². The van der Waals surface area contributed by atoms with Crippen LogP contribution in [-0.2, 0) is 52.1 Å². The third-order valence-corrected chi connectivity index (χ3v) is 10.3. The van der Waals surface area contributed by atoms with Gasteiger partial charge >= 0.3 is 0 Å².